The van der Waals surface area contributed by atoms with Gasteiger partial charge in [0.25, 0.3) is 0 Å². The van der Waals surface area contributed by atoms with E-state index in [9.17, 15) is 0 Å². The van der Waals surface area contributed by atoms with Crippen LogP contribution in [0, 0.1) is 12.3 Å². The second-order valence-corrected chi connectivity index (χ2v) is 6.59. The van der Waals surface area contributed by atoms with Gasteiger partial charge in [-0.25, -0.2) is 4.99 Å². The smallest absolute Gasteiger partial charge is 0.203 e. The van der Waals surface area contributed by atoms with Crippen LogP contribution in [-0.2, 0) is 6.54 Å². The lowest BCUT2D eigenvalue weighted by Crippen LogP contribution is -2.31. The summed E-state index contributed by atoms with van der Waals surface area (Å²) in [7, 11) is 4.73. The molecule has 0 amide bonds. The molecule has 8 nitrogen and oxygen atoms in total. The first-order chi connectivity index (χ1) is 15.2. The van der Waals surface area contributed by atoms with Crippen LogP contribution in [-0.4, -0.2) is 47.0 Å². The van der Waals surface area contributed by atoms with E-state index in [0.717, 1.165) is 23.4 Å². The number of methoxy groups -OCH3 is 3. The molecule has 0 radical (unpaired) electrons. The lowest BCUT2D eigenvalue weighted by Gasteiger charge is -2.15. The molecule has 0 atom stereocenters. The van der Waals surface area contributed by atoms with E-state index in [1.807, 2.05) is 30.3 Å². The molecule has 2 aromatic carbocycles. The van der Waals surface area contributed by atoms with Gasteiger partial charge in [-0.2, -0.15) is 0 Å². The van der Waals surface area contributed by atoms with E-state index in [4.69, 9.17) is 30.1 Å². The van der Waals surface area contributed by atoms with E-state index < -0.39 is 0 Å². The predicted octanol–water partition coefficient (Wildman–Crippen LogP) is 3.06. The zero-order chi connectivity index (χ0) is 22.1. The Morgan fingerprint density at radius 1 is 1.03 bits per heavy atom. The Hall–Kier alpha value is -3.73. The molecule has 3 rings (SSSR count). The normalized spacial score (nSPS) is 12.9. The van der Waals surface area contributed by atoms with Crippen LogP contribution >= 0.6 is 0 Å². The highest BCUT2D eigenvalue weighted by molar-refractivity contribution is 5.94. The summed E-state index contributed by atoms with van der Waals surface area (Å²) >= 11 is 0. The Morgan fingerprint density at radius 2 is 1.74 bits per heavy atom. The molecule has 0 bridgehead atoms. The SMILES string of the molecule is C#CCNC(=NCc1cc(OC)c(OC)c(OC)c1)Nc1ccc2c(c1)OCCCO2. The summed E-state index contributed by atoms with van der Waals surface area (Å²) < 4.78 is 27.6. The van der Waals surface area contributed by atoms with E-state index in [-0.39, 0.29) is 0 Å². The van der Waals surface area contributed by atoms with Gasteiger partial charge >= 0.3 is 0 Å². The average Bonchev–Trinajstić information content (AvgIpc) is 3.05. The molecule has 164 valence electrons. The maximum absolute atomic E-state index is 5.76. The van der Waals surface area contributed by atoms with Crippen LogP contribution in [0.15, 0.2) is 35.3 Å². The maximum atomic E-state index is 5.76. The van der Waals surface area contributed by atoms with Crippen molar-refractivity contribution in [2.75, 3.05) is 46.4 Å². The summed E-state index contributed by atoms with van der Waals surface area (Å²) in [6, 6.07) is 9.38. The zero-order valence-electron chi connectivity index (χ0n) is 18.0. The third kappa shape index (κ3) is 5.66. The van der Waals surface area contributed by atoms with Crippen LogP contribution in [0.1, 0.15) is 12.0 Å². The lowest BCUT2D eigenvalue weighted by atomic mass is 10.2. The number of hydrogen-bond acceptors (Lipinski definition) is 6. The molecule has 0 fully saturated rings. The van der Waals surface area contributed by atoms with Crippen LogP contribution in [0.4, 0.5) is 5.69 Å². The molecule has 1 aliphatic heterocycles. The van der Waals surface area contributed by atoms with Crippen LogP contribution < -0.4 is 34.3 Å². The van der Waals surface area contributed by atoms with Gasteiger partial charge in [0.15, 0.2) is 29.0 Å². The highest BCUT2D eigenvalue weighted by atomic mass is 16.5. The van der Waals surface area contributed by atoms with Crippen LogP contribution in [0.5, 0.6) is 28.7 Å². The zero-order valence-corrected chi connectivity index (χ0v) is 18.0. The van der Waals surface area contributed by atoms with Crippen molar-refractivity contribution < 1.29 is 23.7 Å². The van der Waals surface area contributed by atoms with Gasteiger partial charge in [-0.3, -0.25) is 0 Å². The van der Waals surface area contributed by atoms with Gasteiger partial charge in [-0.15, -0.1) is 6.42 Å². The van der Waals surface area contributed by atoms with Crippen LogP contribution in [0.25, 0.3) is 0 Å². The Bertz CT molecular complexity index is 943. The fraction of sp³-hybridized carbons (Fsp3) is 0.348. The van der Waals surface area contributed by atoms with Crippen molar-refractivity contribution in [3.8, 4) is 41.1 Å². The topological polar surface area (TPSA) is 82.6 Å². The monoisotopic (exact) mass is 425 g/mol. The Balaban J connectivity index is 1.81. The molecule has 0 unspecified atom stereocenters. The summed E-state index contributed by atoms with van der Waals surface area (Å²) in [5, 5.41) is 6.36. The number of terminal acetylenes is 1. The van der Waals surface area contributed by atoms with Crippen molar-refractivity contribution in [3.63, 3.8) is 0 Å². The van der Waals surface area contributed by atoms with E-state index in [0.29, 0.717) is 55.3 Å². The van der Waals surface area contributed by atoms with Crippen LogP contribution in [0.3, 0.4) is 0 Å². The Labute approximate surface area is 182 Å². The molecule has 0 aliphatic carbocycles. The predicted molar refractivity (Wildman–Crippen MR) is 120 cm³/mol. The number of nitrogens with one attached hydrogen (secondary N) is 2. The molecule has 0 saturated heterocycles. The number of hydrogen-bond donors (Lipinski definition) is 2. The van der Waals surface area contributed by atoms with Gasteiger partial charge in [0.1, 0.15) is 0 Å². The van der Waals surface area contributed by atoms with Crippen molar-refractivity contribution in [1.82, 2.24) is 5.32 Å². The lowest BCUT2D eigenvalue weighted by molar-refractivity contribution is 0.297. The van der Waals surface area contributed by atoms with Gasteiger partial charge in [-0.1, -0.05) is 5.92 Å². The Kier molecular flexibility index (Phi) is 7.71. The Morgan fingerprint density at radius 3 is 2.39 bits per heavy atom. The van der Waals surface area contributed by atoms with Crippen molar-refractivity contribution in [1.29, 1.82) is 0 Å². The standard InChI is InChI=1S/C23H27N3O5/c1-5-9-24-23(26-17-7-8-18-19(14-17)31-11-6-10-30-18)25-15-16-12-20(27-2)22(29-4)21(13-16)28-3/h1,7-8,12-14H,6,9-11,15H2,2-4H3,(H2,24,25,26). The number of nitrogens with zero attached hydrogens (tertiary/aromatic N) is 1. The highest BCUT2D eigenvalue weighted by Gasteiger charge is 2.14. The van der Waals surface area contributed by atoms with Crippen molar-refractivity contribution in [3.05, 3.63) is 35.9 Å². The number of aliphatic imine (C=N–C) groups is 1. The quantitative estimate of drug-likeness (QED) is 0.401. The second-order valence-electron chi connectivity index (χ2n) is 6.59. The number of benzene rings is 2. The molecular weight excluding hydrogens is 398 g/mol. The van der Waals surface area contributed by atoms with E-state index in [1.165, 1.54) is 0 Å². The van der Waals surface area contributed by atoms with Gasteiger partial charge in [-0.05, 0) is 29.8 Å². The number of fused-ring (bicyclic) bond motifs is 1. The largest absolute Gasteiger partial charge is 0.493 e. The summed E-state index contributed by atoms with van der Waals surface area (Å²) in [5.41, 5.74) is 1.69. The van der Waals surface area contributed by atoms with Gasteiger partial charge in [0.05, 0.1) is 47.6 Å². The molecular formula is C23H27N3O5. The summed E-state index contributed by atoms with van der Waals surface area (Å²) in [4.78, 5) is 4.64. The molecule has 31 heavy (non-hydrogen) atoms. The minimum absolute atomic E-state index is 0.325. The number of guanidine groups is 1. The number of rotatable bonds is 7. The van der Waals surface area contributed by atoms with Gasteiger partial charge < -0.3 is 34.3 Å². The van der Waals surface area contributed by atoms with E-state index >= 15 is 0 Å². The minimum atomic E-state index is 0.325. The summed E-state index contributed by atoms with van der Waals surface area (Å²) in [5.74, 6) is 6.19. The van der Waals surface area contributed by atoms with Crippen molar-refractivity contribution >= 4 is 11.6 Å². The highest BCUT2D eigenvalue weighted by Crippen LogP contribution is 2.38. The van der Waals surface area contributed by atoms with E-state index in [1.54, 1.807) is 21.3 Å². The molecule has 1 heterocycles. The molecule has 0 spiro atoms. The van der Waals surface area contributed by atoms with Crippen LogP contribution in [0.2, 0.25) is 0 Å². The fourth-order valence-electron chi connectivity index (χ4n) is 3.05. The third-order valence-electron chi connectivity index (χ3n) is 4.51. The molecule has 2 N–H and O–H groups in total. The summed E-state index contributed by atoms with van der Waals surface area (Å²) in [6.45, 7) is 1.95. The average molecular weight is 425 g/mol. The van der Waals surface area contributed by atoms with Crippen molar-refractivity contribution in [2.45, 2.75) is 13.0 Å². The third-order valence-corrected chi connectivity index (χ3v) is 4.51. The minimum Gasteiger partial charge on any atom is -0.493 e. The van der Waals surface area contributed by atoms with Gasteiger partial charge in [0.2, 0.25) is 5.75 Å². The number of anilines is 1. The molecule has 1 aliphatic rings. The van der Waals surface area contributed by atoms with Gasteiger partial charge in [0, 0.05) is 18.2 Å². The first-order valence-corrected chi connectivity index (χ1v) is 9.85. The molecule has 8 heteroatoms. The molecule has 0 saturated carbocycles. The van der Waals surface area contributed by atoms with Crippen molar-refractivity contribution in [2.24, 2.45) is 4.99 Å². The summed E-state index contributed by atoms with van der Waals surface area (Å²) in [6.07, 6.45) is 6.26. The second kappa shape index (κ2) is 10.9. The van der Waals surface area contributed by atoms with E-state index in [2.05, 4.69) is 21.5 Å². The maximum Gasteiger partial charge on any atom is 0.203 e. The fourth-order valence-corrected chi connectivity index (χ4v) is 3.05. The molecule has 2 aromatic rings. The first kappa shape index (κ1) is 22.0. The number of ether oxygens (including phenoxy) is 5. The molecule has 0 aromatic heterocycles. The first-order valence-electron chi connectivity index (χ1n) is 9.85.